The maximum Gasteiger partial charge on any atom is 0.222 e. The lowest BCUT2D eigenvalue weighted by Crippen LogP contribution is -2.63. The molecule has 4 rings (SSSR count). The second-order valence-electron chi connectivity index (χ2n) is 13.1. The van der Waals surface area contributed by atoms with Crippen LogP contribution >= 0.6 is 0 Å². The number of rotatable bonds is 5. The predicted octanol–water partition coefficient (Wildman–Crippen LogP) is 7.17. The number of piperidine rings is 1. The lowest BCUT2D eigenvalue weighted by Gasteiger charge is -2.64. The summed E-state index contributed by atoms with van der Waals surface area (Å²) in [7, 11) is 2.09. The van der Waals surface area contributed by atoms with Crippen molar-refractivity contribution in [2.45, 2.75) is 112 Å². The van der Waals surface area contributed by atoms with Crippen molar-refractivity contribution < 1.29 is 4.79 Å². The van der Waals surface area contributed by atoms with Crippen molar-refractivity contribution in [3.05, 3.63) is 0 Å². The fourth-order valence-electron chi connectivity index (χ4n) is 9.49. The second-order valence-corrected chi connectivity index (χ2v) is 13.1. The van der Waals surface area contributed by atoms with Crippen LogP contribution in [0.1, 0.15) is 106 Å². The highest BCUT2D eigenvalue weighted by atomic mass is 16.2. The Morgan fingerprint density at radius 2 is 1.70 bits per heavy atom. The first kappa shape index (κ1) is 22.7. The van der Waals surface area contributed by atoms with Crippen LogP contribution in [-0.4, -0.2) is 23.9 Å². The van der Waals surface area contributed by atoms with E-state index in [0.29, 0.717) is 22.8 Å². The molecule has 1 heterocycles. The normalized spacial score (nSPS) is 47.1. The van der Waals surface area contributed by atoms with Crippen LogP contribution in [-0.2, 0) is 4.79 Å². The van der Waals surface area contributed by atoms with E-state index in [2.05, 4.69) is 53.5 Å². The number of likely N-dealkylation sites (tertiary alicyclic amines) is 1. The van der Waals surface area contributed by atoms with Crippen molar-refractivity contribution in [1.29, 1.82) is 0 Å². The quantitative estimate of drug-likeness (QED) is 0.466. The molecule has 1 aliphatic heterocycles. The third kappa shape index (κ3) is 3.47. The zero-order chi connectivity index (χ0) is 21.8. The molecule has 0 aromatic heterocycles. The summed E-state index contributed by atoms with van der Waals surface area (Å²) in [6, 6.07) is 0.478. The first-order valence-corrected chi connectivity index (χ1v) is 13.3. The van der Waals surface area contributed by atoms with Gasteiger partial charge in [-0.2, -0.15) is 0 Å². The summed E-state index contributed by atoms with van der Waals surface area (Å²) in [5, 5.41) is 0. The first-order chi connectivity index (χ1) is 14.1. The third-order valence-electron chi connectivity index (χ3n) is 11.1. The molecule has 1 saturated heterocycles. The number of amides is 1. The van der Waals surface area contributed by atoms with Gasteiger partial charge in [-0.05, 0) is 90.8 Å². The average molecular weight is 416 g/mol. The van der Waals surface area contributed by atoms with Gasteiger partial charge in [-0.15, -0.1) is 0 Å². The minimum atomic E-state index is 0.349. The molecule has 2 heteroatoms. The summed E-state index contributed by atoms with van der Waals surface area (Å²) in [5.41, 5.74) is 0.911. The van der Waals surface area contributed by atoms with Crippen molar-refractivity contribution in [2.75, 3.05) is 7.05 Å². The van der Waals surface area contributed by atoms with E-state index in [1.54, 1.807) is 0 Å². The summed E-state index contributed by atoms with van der Waals surface area (Å²) in [5.74, 6) is 6.46. The fourth-order valence-corrected chi connectivity index (χ4v) is 9.49. The van der Waals surface area contributed by atoms with Crippen molar-refractivity contribution in [3.63, 3.8) is 0 Å². The van der Waals surface area contributed by atoms with Crippen LogP contribution in [0.3, 0.4) is 0 Å². The van der Waals surface area contributed by atoms with Gasteiger partial charge < -0.3 is 4.90 Å². The Morgan fingerprint density at radius 1 is 1.00 bits per heavy atom. The lowest BCUT2D eigenvalue weighted by molar-refractivity contribution is -0.167. The number of fused-ring (bicyclic) bond motifs is 5. The Labute approximate surface area is 186 Å². The Bertz CT molecular complexity index is 643. The minimum absolute atomic E-state index is 0.349. The highest BCUT2D eigenvalue weighted by Gasteiger charge is 2.63. The summed E-state index contributed by atoms with van der Waals surface area (Å²) in [4.78, 5) is 14.6. The molecule has 30 heavy (non-hydrogen) atoms. The van der Waals surface area contributed by atoms with Crippen LogP contribution in [0, 0.1) is 52.3 Å². The molecule has 4 fully saturated rings. The number of hydrogen-bond acceptors (Lipinski definition) is 1. The molecule has 4 aliphatic rings. The molecule has 0 bridgehead atoms. The molecule has 0 spiro atoms. The second kappa shape index (κ2) is 8.11. The largest absolute Gasteiger partial charge is 0.342 e. The standard InChI is InChI=1S/C28H49NO/c1-18(2)9-8-10-19(3)21-11-12-22-26-20(4)17-24-28(6,16-14-25(30)29(24)7)23(26)13-15-27(21,22)5/h18-24,26H,8-17H2,1-7H3/t19-,20-,21+,22?,23?,24+,26?,27+,28+/m0/s1. The molecule has 3 saturated carbocycles. The number of hydrogen-bond donors (Lipinski definition) is 0. The van der Waals surface area contributed by atoms with Gasteiger partial charge in [0.1, 0.15) is 0 Å². The van der Waals surface area contributed by atoms with Gasteiger partial charge in [0.2, 0.25) is 5.91 Å². The summed E-state index contributed by atoms with van der Waals surface area (Å²) < 4.78 is 0. The summed E-state index contributed by atoms with van der Waals surface area (Å²) in [6.07, 6.45) is 13.2. The molecule has 0 aromatic carbocycles. The monoisotopic (exact) mass is 415 g/mol. The van der Waals surface area contributed by atoms with Crippen molar-refractivity contribution in [1.82, 2.24) is 4.90 Å². The topological polar surface area (TPSA) is 20.3 Å². The molecule has 3 unspecified atom stereocenters. The highest BCUT2D eigenvalue weighted by Crippen LogP contribution is 2.68. The highest BCUT2D eigenvalue weighted by molar-refractivity contribution is 5.77. The third-order valence-corrected chi connectivity index (χ3v) is 11.1. The molecular weight excluding hydrogens is 366 g/mol. The van der Waals surface area contributed by atoms with Crippen LogP contribution in [0.4, 0.5) is 0 Å². The van der Waals surface area contributed by atoms with Gasteiger partial charge in [-0.25, -0.2) is 0 Å². The molecule has 0 aromatic rings. The first-order valence-electron chi connectivity index (χ1n) is 13.3. The van der Waals surface area contributed by atoms with Crippen molar-refractivity contribution in [3.8, 4) is 0 Å². The molecule has 2 nitrogen and oxygen atoms in total. The van der Waals surface area contributed by atoms with E-state index in [0.717, 1.165) is 54.3 Å². The number of carbonyl (C=O) groups is 1. The summed E-state index contributed by atoms with van der Waals surface area (Å²) in [6.45, 7) is 15.1. The van der Waals surface area contributed by atoms with Crippen LogP contribution in [0.2, 0.25) is 0 Å². The predicted molar refractivity (Wildman–Crippen MR) is 126 cm³/mol. The molecule has 9 atom stereocenters. The van der Waals surface area contributed by atoms with E-state index in [4.69, 9.17) is 0 Å². The van der Waals surface area contributed by atoms with Crippen LogP contribution in [0.15, 0.2) is 0 Å². The maximum absolute atomic E-state index is 12.5. The van der Waals surface area contributed by atoms with Gasteiger partial charge in [-0.3, -0.25) is 4.79 Å². The van der Waals surface area contributed by atoms with E-state index in [9.17, 15) is 4.79 Å². The van der Waals surface area contributed by atoms with Crippen LogP contribution in [0.5, 0.6) is 0 Å². The Balaban J connectivity index is 1.53. The zero-order valence-corrected chi connectivity index (χ0v) is 21.0. The van der Waals surface area contributed by atoms with Gasteiger partial charge in [0.25, 0.3) is 0 Å². The van der Waals surface area contributed by atoms with E-state index in [-0.39, 0.29) is 0 Å². The van der Waals surface area contributed by atoms with Gasteiger partial charge >= 0.3 is 0 Å². The van der Waals surface area contributed by atoms with Crippen molar-refractivity contribution in [2.24, 2.45) is 52.3 Å². The Kier molecular flexibility index (Phi) is 6.12. The summed E-state index contributed by atoms with van der Waals surface area (Å²) >= 11 is 0. The maximum atomic E-state index is 12.5. The minimum Gasteiger partial charge on any atom is -0.342 e. The van der Waals surface area contributed by atoms with E-state index >= 15 is 0 Å². The number of nitrogens with zero attached hydrogens (tertiary/aromatic N) is 1. The van der Waals surface area contributed by atoms with Gasteiger partial charge in [0, 0.05) is 19.5 Å². The Hall–Kier alpha value is -0.530. The van der Waals surface area contributed by atoms with Crippen LogP contribution < -0.4 is 0 Å². The SMILES string of the molecule is CC(C)CCC[C@H](C)[C@H]1CCC2C3C(CC[C@@]21C)[C@@]1(C)CCC(=O)N(C)[C@@H]1C[C@@H]3C. The lowest BCUT2D eigenvalue weighted by atomic mass is 9.44. The average Bonchev–Trinajstić information content (AvgIpc) is 3.03. The molecule has 0 radical (unpaired) electrons. The molecule has 0 N–H and O–H groups in total. The fraction of sp³-hybridized carbons (Fsp3) is 0.964. The van der Waals surface area contributed by atoms with Crippen LogP contribution in [0.25, 0.3) is 0 Å². The molecular formula is C28H49NO. The number of carbonyl (C=O) groups excluding carboxylic acids is 1. The molecule has 1 amide bonds. The van der Waals surface area contributed by atoms with Crippen molar-refractivity contribution >= 4 is 5.91 Å². The van der Waals surface area contributed by atoms with Gasteiger partial charge in [0.05, 0.1) is 0 Å². The van der Waals surface area contributed by atoms with Gasteiger partial charge in [-0.1, -0.05) is 60.8 Å². The van der Waals surface area contributed by atoms with Gasteiger partial charge in [0.15, 0.2) is 0 Å². The molecule has 172 valence electrons. The smallest absolute Gasteiger partial charge is 0.222 e. The van der Waals surface area contributed by atoms with E-state index < -0.39 is 0 Å². The Morgan fingerprint density at radius 3 is 2.40 bits per heavy atom. The molecule has 3 aliphatic carbocycles. The zero-order valence-electron chi connectivity index (χ0n) is 21.0. The van der Waals surface area contributed by atoms with E-state index in [1.807, 2.05) is 0 Å². The van der Waals surface area contributed by atoms with E-state index in [1.165, 1.54) is 51.4 Å².